The summed E-state index contributed by atoms with van der Waals surface area (Å²) in [5.41, 5.74) is 0. The molecule has 1 rings (SSSR count). The van der Waals surface area contributed by atoms with Crippen LogP contribution in [0.3, 0.4) is 0 Å². The SMILES string of the molecule is CCCNC(=O)C(C)Oc1c(F)cc(F)cc1S(N)(=O)=O. The quantitative estimate of drug-likeness (QED) is 0.813. The summed E-state index contributed by atoms with van der Waals surface area (Å²) in [5.74, 6) is -3.71. The number of nitrogens with one attached hydrogen (secondary N) is 1. The molecule has 6 nitrogen and oxygen atoms in total. The fourth-order valence-electron chi connectivity index (χ4n) is 1.48. The van der Waals surface area contributed by atoms with E-state index >= 15 is 0 Å². The monoisotopic (exact) mass is 322 g/mol. The van der Waals surface area contributed by atoms with Gasteiger partial charge >= 0.3 is 0 Å². The van der Waals surface area contributed by atoms with Gasteiger partial charge in [0.1, 0.15) is 10.7 Å². The van der Waals surface area contributed by atoms with Gasteiger partial charge in [-0.25, -0.2) is 22.3 Å². The standard InChI is InChI=1S/C12H16F2N2O4S/c1-3-4-16-12(17)7(2)20-11-9(14)5-8(13)6-10(11)21(15,18)19/h5-7H,3-4H2,1-2H3,(H,16,17)(H2,15,18,19). The molecule has 1 aromatic rings. The van der Waals surface area contributed by atoms with Crippen molar-refractivity contribution in [3.8, 4) is 5.75 Å². The summed E-state index contributed by atoms with van der Waals surface area (Å²) in [7, 11) is -4.40. The van der Waals surface area contributed by atoms with Crippen LogP contribution in [0.4, 0.5) is 8.78 Å². The van der Waals surface area contributed by atoms with Crippen LogP contribution < -0.4 is 15.2 Å². The van der Waals surface area contributed by atoms with Crippen LogP contribution in [0.1, 0.15) is 20.3 Å². The van der Waals surface area contributed by atoms with Crippen molar-refractivity contribution in [1.82, 2.24) is 5.32 Å². The molecular formula is C12H16F2N2O4S. The van der Waals surface area contributed by atoms with E-state index in [4.69, 9.17) is 9.88 Å². The third-order valence-electron chi connectivity index (χ3n) is 2.49. The maximum absolute atomic E-state index is 13.7. The summed E-state index contributed by atoms with van der Waals surface area (Å²) >= 11 is 0. The molecule has 1 aromatic carbocycles. The van der Waals surface area contributed by atoms with Gasteiger partial charge in [0, 0.05) is 12.6 Å². The highest BCUT2D eigenvalue weighted by Crippen LogP contribution is 2.28. The van der Waals surface area contributed by atoms with Crippen LogP contribution in [0.5, 0.6) is 5.75 Å². The molecule has 0 heterocycles. The number of hydrogen-bond donors (Lipinski definition) is 2. The van der Waals surface area contributed by atoms with Gasteiger partial charge in [0.05, 0.1) is 0 Å². The van der Waals surface area contributed by atoms with Crippen molar-refractivity contribution in [1.29, 1.82) is 0 Å². The second kappa shape index (κ2) is 6.81. The first-order valence-corrected chi connectivity index (χ1v) is 7.67. The minimum atomic E-state index is -4.40. The fourth-order valence-corrected chi connectivity index (χ4v) is 2.17. The maximum Gasteiger partial charge on any atom is 0.260 e. The summed E-state index contributed by atoms with van der Waals surface area (Å²) < 4.78 is 54.5. The highest BCUT2D eigenvalue weighted by atomic mass is 32.2. The van der Waals surface area contributed by atoms with E-state index in [0.717, 1.165) is 0 Å². The van der Waals surface area contributed by atoms with Crippen molar-refractivity contribution in [2.45, 2.75) is 31.3 Å². The molecule has 21 heavy (non-hydrogen) atoms. The van der Waals surface area contributed by atoms with Crippen LogP contribution in [0.2, 0.25) is 0 Å². The molecule has 1 amide bonds. The second-order valence-corrected chi connectivity index (χ2v) is 5.84. The Morgan fingerprint density at radius 3 is 2.57 bits per heavy atom. The van der Waals surface area contributed by atoms with E-state index in [0.29, 0.717) is 25.1 Å². The Balaban J connectivity index is 3.11. The Morgan fingerprint density at radius 1 is 1.43 bits per heavy atom. The van der Waals surface area contributed by atoms with Gasteiger partial charge in [0.15, 0.2) is 17.7 Å². The molecule has 0 aliphatic rings. The number of hydrogen-bond acceptors (Lipinski definition) is 4. The number of primary sulfonamides is 1. The van der Waals surface area contributed by atoms with E-state index in [1.165, 1.54) is 6.92 Å². The summed E-state index contributed by atoms with van der Waals surface area (Å²) in [6, 6.07) is 0.977. The molecule has 0 aliphatic carbocycles. The molecule has 9 heteroatoms. The molecular weight excluding hydrogens is 306 g/mol. The molecule has 0 saturated heterocycles. The lowest BCUT2D eigenvalue weighted by atomic mass is 10.3. The second-order valence-electron chi connectivity index (χ2n) is 4.31. The Kier molecular flexibility index (Phi) is 5.62. The molecule has 0 saturated carbocycles. The first-order valence-electron chi connectivity index (χ1n) is 6.13. The van der Waals surface area contributed by atoms with Crippen LogP contribution in [-0.2, 0) is 14.8 Å². The molecule has 0 fully saturated rings. The van der Waals surface area contributed by atoms with E-state index in [9.17, 15) is 22.0 Å². The molecule has 118 valence electrons. The number of sulfonamides is 1. The normalized spacial score (nSPS) is 12.8. The van der Waals surface area contributed by atoms with E-state index < -0.39 is 44.3 Å². The number of benzene rings is 1. The van der Waals surface area contributed by atoms with Gasteiger partial charge in [-0.3, -0.25) is 4.79 Å². The molecule has 0 radical (unpaired) electrons. The van der Waals surface area contributed by atoms with Crippen molar-refractivity contribution in [3.63, 3.8) is 0 Å². The minimum absolute atomic E-state index is 0.389. The maximum atomic E-state index is 13.7. The predicted octanol–water partition coefficient (Wildman–Crippen LogP) is 0.906. The number of amides is 1. The molecule has 0 aromatic heterocycles. The summed E-state index contributed by atoms with van der Waals surface area (Å²) in [4.78, 5) is 10.8. The molecule has 1 atom stereocenters. The summed E-state index contributed by atoms with van der Waals surface area (Å²) in [6.45, 7) is 3.53. The zero-order valence-corrected chi connectivity index (χ0v) is 12.3. The van der Waals surface area contributed by atoms with Gasteiger partial charge in [-0.05, 0) is 19.4 Å². The number of rotatable bonds is 6. The first-order chi connectivity index (χ1) is 9.66. The van der Waals surface area contributed by atoms with E-state index in [1.807, 2.05) is 6.92 Å². The number of carbonyl (C=O) groups is 1. The topological polar surface area (TPSA) is 98.5 Å². The summed E-state index contributed by atoms with van der Waals surface area (Å²) in [5, 5.41) is 7.39. The van der Waals surface area contributed by atoms with Crippen LogP contribution >= 0.6 is 0 Å². The lowest BCUT2D eigenvalue weighted by Crippen LogP contribution is -2.37. The smallest absolute Gasteiger partial charge is 0.260 e. The van der Waals surface area contributed by atoms with E-state index in [1.54, 1.807) is 0 Å². The van der Waals surface area contributed by atoms with Crippen LogP contribution in [0, 0.1) is 11.6 Å². The largest absolute Gasteiger partial charge is 0.476 e. The van der Waals surface area contributed by atoms with Crippen molar-refractivity contribution < 1.29 is 26.7 Å². The highest BCUT2D eigenvalue weighted by molar-refractivity contribution is 7.89. The van der Waals surface area contributed by atoms with Gasteiger partial charge in [0.25, 0.3) is 5.91 Å². The third kappa shape index (κ3) is 4.64. The molecule has 0 aliphatic heterocycles. The number of ether oxygens (including phenoxy) is 1. The van der Waals surface area contributed by atoms with Crippen molar-refractivity contribution >= 4 is 15.9 Å². The minimum Gasteiger partial charge on any atom is -0.476 e. The Labute approximate surface area is 121 Å². The average Bonchev–Trinajstić information content (AvgIpc) is 2.37. The van der Waals surface area contributed by atoms with Crippen LogP contribution in [0.15, 0.2) is 17.0 Å². The molecule has 0 spiro atoms. The van der Waals surface area contributed by atoms with E-state index in [-0.39, 0.29) is 0 Å². The third-order valence-corrected chi connectivity index (χ3v) is 3.41. The van der Waals surface area contributed by atoms with Gasteiger partial charge in [-0.15, -0.1) is 0 Å². The predicted molar refractivity (Wildman–Crippen MR) is 71.1 cm³/mol. The number of halogens is 2. The van der Waals surface area contributed by atoms with Gasteiger partial charge in [-0.2, -0.15) is 0 Å². The zero-order valence-electron chi connectivity index (χ0n) is 11.5. The number of carbonyl (C=O) groups excluding carboxylic acids is 1. The van der Waals surface area contributed by atoms with Gasteiger partial charge in [-0.1, -0.05) is 6.92 Å². The first kappa shape index (κ1) is 17.3. The van der Waals surface area contributed by atoms with Crippen molar-refractivity contribution in [2.75, 3.05) is 6.54 Å². The van der Waals surface area contributed by atoms with Crippen LogP contribution in [0.25, 0.3) is 0 Å². The lowest BCUT2D eigenvalue weighted by molar-refractivity contribution is -0.127. The Bertz CT molecular complexity index is 634. The average molecular weight is 322 g/mol. The van der Waals surface area contributed by atoms with Crippen LogP contribution in [-0.4, -0.2) is 27.0 Å². The van der Waals surface area contributed by atoms with Crippen molar-refractivity contribution in [3.05, 3.63) is 23.8 Å². The fraction of sp³-hybridized carbons (Fsp3) is 0.417. The number of nitrogens with two attached hydrogens (primary N) is 1. The molecule has 0 bridgehead atoms. The van der Waals surface area contributed by atoms with Gasteiger partial charge in [0.2, 0.25) is 10.0 Å². The Hall–Kier alpha value is -1.74. The zero-order chi connectivity index (χ0) is 16.2. The van der Waals surface area contributed by atoms with E-state index in [2.05, 4.69) is 5.32 Å². The van der Waals surface area contributed by atoms with Crippen molar-refractivity contribution in [2.24, 2.45) is 5.14 Å². The molecule has 3 N–H and O–H groups in total. The highest BCUT2D eigenvalue weighted by Gasteiger charge is 2.25. The molecule has 1 unspecified atom stereocenters. The van der Waals surface area contributed by atoms with Gasteiger partial charge < -0.3 is 10.1 Å². The lowest BCUT2D eigenvalue weighted by Gasteiger charge is -2.17. The summed E-state index contributed by atoms with van der Waals surface area (Å²) in [6.07, 6.45) is -0.483. The Morgan fingerprint density at radius 2 is 2.05 bits per heavy atom.